The maximum atomic E-state index is 6.41. The molecule has 22 heavy (non-hydrogen) atoms. The third-order valence-electron chi connectivity index (χ3n) is 3.54. The second kappa shape index (κ2) is 7.82. The van der Waals surface area contributed by atoms with E-state index in [0.29, 0.717) is 13.2 Å². The molecule has 0 heterocycles. The van der Waals surface area contributed by atoms with Gasteiger partial charge >= 0.3 is 0 Å². The first-order chi connectivity index (χ1) is 10.7. The molecule has 0 aromatic heterocycles. The molecule has 0 saturated heterocycles. The summed E-state index contributed by atoms with van der Waals surface area (Å²) >= 11 is 0. The quantitative estimate of drug-likeness (QED) is 0.824. The van der Waals surface area contributed by atoms with E-state index in [9.17, 15) is 0 Å². The van der Waals surface area contributed by atoms with Gasteiger partial charge in [-0.05, 0) is 26.0 Å². The highest BCUT2D eigenvalue weighted by Crippen LogP contribution is 2.34. The maximum Gasteiger partial charge on any atom is 0.124 e. The highest BCUT2D eigenvalue weighted by atomic mass is 16.5. The Bertz CT molecular complexity index is 548. The van der Waals surface area contributed by atoms with Crippen LogP contribution in [0.1, 0.15) is 37.1 Å². The van der Waals surface area contributed by atoms with Crippen molar-refractivity contribution in [1.82, 2.24) is 0 Å². The first-order valence-corrected chi connectivity index (χ1v) is 7.63. The molecule has 2 aromatic rings. The van der Waals surface area contributed by atoms with Crippen LogP contribution in [0.15, 0.2) is 48.5 Å². The Kier molecular flexibility index (Phi) is 5.81. The molecule has 4 nitrogen and oxygen atoms in total. The largest absolute Gasteiger partial charge is 0.494 e. The Hall–Kier alpha value is -2.04. The molecule has 0 bridgehead atoms. The maximum absolute atomic E-state index is 6.41. The molecule has 0 spiro atoms. The molecule has 0 aliphatic rings. The predicted molar refractivity (Wildman–Crippen MR) is 89.1 cm³/mol. The van der Waals surface area contributed by atoms with Crippen LogP contribution in [-0.4, -0.2) is 13.2 Å². The molecule has 0 unspecified atom stereocenters. The third kappa shape index (κ3) is 3.59. The first kappa shape index (κ1) is 16.3. The summed E-state index contributed by atoms with van der Waals surface area (Å²) in [6.07, 6.45) is 0. The Morgan fingerprint density at radius 1 is 0.727 bits per heavy atom. The summed E-state index contributed by atoms with van der Waals surface area (Å²) in [5.74, 6) is 1.56. The summed E-state index contributed by atoms with van der Waals surface area (Å²) in [5.41, 5.74) is 14.6. The summed E-state index contributed by atoms with van der Waals surface area (Å²) < 4.78 is 11.3. The zero-order valence-corrected chi connectivity index (χ0v) is 13.2. The molecule has 0 aliphatic heterocycles. The van der Waals surface area contributed by atoms with Crippen LogP contribution >= 0.6 is 0 Å². The van der Waals surface area contributed by atoms with E-state index in [-0.39, 0.29) is 12.1 Å². The average Bonchev–Trinajstić information content (AvgIpc) is 2.55. The average molecular weight is 300 g/mol. The summed E-state index contributed by atoms with van der Waals surface area (Å²) in [5, 5.41) is 0. The van der Waals surface area contributed by atoms with E-state index in [0.717, 1.165) is 22.6 Å². The lowest BCUT2D eigenvalue weighted by Gasteiger charge is -2.24. The van der Waals surface area contributed by atoms with Gasteiger partial charge in [-0.3, -0.25) is 0 Å². The SMILES string of the molecule is CCOc1ccccc1[C@@H](N)[C@@H](N)c1ccccc1OCC. The van der Waals surface area contributed by atoms with Gasteiger partial charge in [0.15, 0.2) is 0 Å². The molecule has 4 N–H and O–H groups in total. The van der Waals surface area contributed by atoms with E-state index in [4.69, 9.17) is 20.9 Å². The molecule has 2 aromatic carbocycles. The summed E-state index contributed by atoms with van der Waals surface area (Å²) in [7, 11) is 0. The van der Waals surface area contributed by atoms with Crippen molar-refractivity contribution in [3.05, 3.63) is 59.7 Å². The molecule has 118 valence electrons. The van der Waals surface area contributed by atoms with Crippen LogP contribution in [-0.2, 0) is 0 Å². The van der Waals surface area contributed by atoms with Crippen molar-refractivity contribution in [3.8, 4) is 11.5 Å². The minimum Gasteiger partial charge on any atom is -0.494 e. The van der Waals surface area contributed by atoms with E-state index in [2.05, 4.69) is 0 Å². The van der Waals surface area contributed by atoms with Gasteiger partial charge in [-0.2, -0.15) is 0 Å². The molecule has 2 atom stereocenters. The third-order valence-corrected chi connectivity index (χ3v) is 3.54. The fraction of sp³-hybridized carbons (Fsp3) is 0.333. The fourth-order valence-electron chi connectivity index (χ4n) is 2.47. The number of benzene rings is 2. The van der Waals surface area contributed by atoms with E-state index in [1.807, 2.05) is 62.4 Å². The zero-order valence-electron chi connectivity index (χ0n) is 13.2. The van der Waals surface area contributed by atoms with Crippen molar-refractivity contribution in [2.24, 2.45) is 11.5 Å². The van der Waals surface area contributed by atoms with Crippen molar-refractivity contribution >= 4 is 0 Å². The first-order valence-electron chi connectivity index (χ1n) is 7.63. The van der Waals surface area contributed by atoms with Crippen LogP contribution in [0.3, 0.4) is 0 Å². The second-order valence-corrected chi connectivity index (χ2v) is 4.99. The number of hydrogen-bond acceptors (Lipinski definition) is 4. The Morgan fingerprint density at radius 2 is 1.09 bits per heavy atom. The molecule has 0 radical (unpaired) electrons. The van der Waals surface area contributed by atoms with Gasteiger partial charge in [0.25, 0.3) is 0 Å². The van der Waals surface area contributed by atoms with Crippen LogP contribution in [0.4, 0.5) is 0 Å². The van der Waals surface area contributed by atoms with Gasteiger partial charge in [0, 0.05) is 11.1 Å². The van der Waals surface area contributed by atoms with Gasteiger partial charge in [0.05, 0.1) is 25.3 Å². The van der Waals surface area contributed by atoms with Gasteiger partial charge in [0.1, 0.15) is 11.5 Å². The van der Waals surface area contributed by atoms with Crippen molar-refractivity contribution in [2.45, 2.75) is 25.9 Å². The van der Waals surface area contributed by atoms with E-state index in [1.165, 1.54) is 0 Å². The van der Waals surface area contributed by atoms with Crippen LogP contribution < -0.4 is 20.9 Å². The fourth-order valence-corrected chi connectivity index (χ4v) is 2.47. The molecule has 0 fully saturated rings. The molecule has 0 aliphatic carbocycles. The second-order valence-electron chi connectivity index (χ2n) is 4.99. The smallest absolute Gasteiger partial charge is 0.124 e. The van der Waals surface area contributed by atoms with E-state index in [1.54, 1.807) is 0 Å². The van der Waals surface area contributed by atoms with Gasteiger partial charge in [-0.15, -0.1) is 0 Å². The highest BCUT2D eigenvalue weighted by molar-refractivity contribution is 5.42. The Balaban J connectivity index is 2.31. The predicted octanol–water partition coefficient (Wildman–Crippen LogP) is 3.18. The normalized spacial score (nSPS) is 13.5. The van der Waals surface area contributed by atoms with Crippen LogP contribution in [0.25, 0.3) is 0 Å². The van der Waals surface area contributed by atoms with Crippen molar-refractivity contribution in [3.63, 3.8) is 0 Å². The lowest BCUT2D eigenvalue weighted by Crippen LogP contribution is -2.27. The van der Waals surface area contributed by atoms with Gasteiger partial charge in [-0.1, -0.05) is 36.4 Å². The van der Waals surface area contributed by atoms with Crippen molar-refractivity contribution < 1.29 is 9.47 Å². The monoisotopic (exact) mass is 300 g/mol. The van der Waals surface area contributed by atoms with Crippen LogP contribution in [0, 0.1) is 0 Å². The molecule has 2 rings (SSSR count). The zero-order chi connectivity index (χ0) is 15.9. The molecule has 4 heteroatoms. The van der Waals surface area contributed by atoms with Crippen molar-refractivity contribution in [1.29, 1.82) is 0 Å². The Labute approximate surface area is 132 Å². The van der Waals surface area contributed by atoms with Crippen LogP contribution in [0.2, 0.25) is 0 Å². The minimum absolute atomic E-state index is 0.371. The standard InChI is InChI=1S/C18H24N2O2/c1-3-21-15-11-7-5-9-13(15)17(19)18(20)14-10-6-8-12-16(14)22-4-2/h5-12,17-18H,3-4,19-20H2,1-2H3/t17-,18+. The number of para-hydroxylation sites is 2. The lowest BCUT2D eigenvalue weighted by molar-refractivity contribution is 0.326. The number of ether oxygens (including phenoxy) is 2. The summed E-state index contributed by atoms with van der Waals surface area (Å²) in [6, 6.07) is 14.8. The summed E-state index contributed by atoms with van der Waals surface area (Å²) in [4.78, 5) is 0. The van der Waals surface area contributed by atoms with Gasteiger partial charge < -0.3 is 20.9 Å². The van der Waals surface area contributed by atoms with Gasteiger partial charge in [0.2, 0.25) is 0 Å². The summed E-state index contributed by atoms with van der Waals surface area (Å²) in [6.45, 7) is 5.09. The Morgan fingerprint density at radius 3 is 1.45 bits per heavy atom. The van der Waals surface area contributed by atoms with Gasteiger partial charge in [-0.25, -0.2) is 0 Å². The van der Waals surface area contributed by atoms with Crippen LogP contribution in [0.5, 0.6) is 11.5 Å². The van der Waals surface area contributed by atoms with Crippen molar-refractivity contribution in [2.75, 3.05) is 13.2 Å². The molecular weight excluding hydrogens is 276 g/mol. The molecule has 0 saturated carbocycles. The van der Waals surface area contributed by atoms with E-state index < -0.39 is 0 Å². The minimum atomic E-state index is -0.371. The number of hydrogen-bond donors (Lipinski definition) is 2. The molecular formula is C18H24N2O2. The highest BCUT2D eigenvalue weighted by Gasteiger charge is 2.23. The topological polar surface area (TPSA) is 70.5 Å². The number of rotatable bonds is 7. The lowest BCUT2D eigenvalue weighted by atomic mass is 9.93. The molecule has 0 amide bonds. The van der Waals surface area contributed by atoms with E-state index >= 15 is 0 Å². The number of nitrogens with two attached hydrogens (primary N) is 2.